The fourth-order valence-electron chi connectivity index (χ4n) is 3.05. The van der Waals surface area contributed by atoms with Gasteiger partial charge in [-0.15, -0.1) is 0 Å². The van der Waals surface area contributed by atoms with E-state index in [1.807, 2.05) is 42.5 Å². The van der Waals surface area contributed by atoms with Gasteiger partial charge in [-0.25, -0.2) is 0 Å². The van der Waals surface area contributed by atoms with E-state index in [-0.39, 0.29) is 5.91 Å². The van der Waals surface area contributed by atoms with Crippen LogP contribution in [0.15, 0.2) is 61.1 Å². The van der Waals surface area contributed by atoms with Crippen LogP contribution in [0, 0.1) is 0 Å². The molecule has 2 N–H and O–H groups in total. The number of carbonyl (C=O) groups excluding carboxylic acids is 1. The first-order valence-electron chi connectivity index (χ1n) is 9.07. The Bertz CT molecular complexity index is 1150. The number of aromatic amines is 1. The van der Waals surface area contributed by atoms with Gasteiger partial charge in [-0.05, 0) is 29.8 Å². The lowest BCUT2D eigenvalue weighted by Crippen LogP contribution is -2.23. The molecule has 0 spiro atoms. The van der Waals surface area contributed by atoms with E-state index in [4.69, 9.17) is 4.74 Å². The lowest BCUT2D eigenvalue weighted by atomic mass is 10.1. The summed E-state index contributed by atoms with van der Waals surface area (Å²) in [5.74, 6) is 0.262. The van der Waals surface area contributed by atoms with Gasteiger partial charge in [0.1, 0.15) is 5.75 Å². The Morgan fingerprint density at radius 1 is 1.14 bits per heavy atom. The highest BCUT2D eigenvalue weighted by Gasteiger charge is 2.18. The minimum atomic E-state index is -0.211. The molecule has 0 aliphatic heterocycles. The van der Waals surface area contributed by atoms with Crippen molar-refractivity contribution >= 4 is 29.0 Å². The lowest BCUT2D eigenvalue weighted by Gasteiger charge is -2.11. The Morgan fingerprint density at radius 3 is 2.76 bits per heavy atom. The van der Waals surface area contributed by atoms with Crippen molar-refractivity contribution in [2.24, 2.45) is 0 Å². The lowest BCUT2D eigenvalue weighted by molar-refractivity contribution is 0.0948. The number of H-pyrrole nitrogens is 1. The number of hydrogen-bond acceptors (Lipinski definition) is 5. The first-order valence-corrected chi connectivity index (χ1v) is 9.07. The van der Waals surface area contributed by atoms with Crippen LogP contribution in [0.25, 0.3) is 23.1 Å². The molecule has 1 amide bonds. The Labute approximate surface area is 167 Å². The van der Waals surface area contributed by atoms with Crippen LogP contribution in [0.5, 0.6) is 5.75 Å². The molecule has 4 rings (SSSR count). The molecular weight excluding hydrogens is 366 g/mol. The molecular formula is C22H19N5O2. The van der Waals surface area contributed by atoms with Crippen molar-refractivity contribution in [3.63, 3.8) is 0 Å². The van der Waals surface area contributed by atoms with Crippen molar-refractivity contribution in [2.45, 2.75) is 6.54 Å². The molecule has 7 heteroatoms. The van der Waals surface area contributed by atoms with Crippen LogP contribution in [0.3, 0.4) is 0 Å². The Morgan fingerprint density at radius 2 is 2.00 bits per heavy atom. The largest absolute Gasteiger partial charge is 0.495 e. The molecule has 2 aromatic heterocycles. The van der Waals surface area contributed by atoms with Gasteiger partial charge in [-0.1, -0.05) is 30.3 Å². The molecule has 0 atom stereocenters. The second-order valence-corrected chi connectivity index (χ2v) is 6.31. The van der Waals surface area contributed by atoms with Gasteiger partial charge in [-0.2, -0.15) is 5.10 Å². The molecule has 2 heterocycles. The molecule has 0 saturated heterocycles. The van der Waals surface area contributed by atoms with Gasteiger partial charge in [0.15, 0.2) is 0 Å². The van der Waals surface area contributed by atoms with Crippen molar-refractivity contribution in [3.05, 3.63) is 83.6 Å². The predicted molar refractivity (Wildman–Crippen MR) is 111 cm³/mol. The summed E-state index contributed by atoms with van der Waals surface area (Å²) in [6.45, 7) is 0.436. The highest BCUT2D eigenvalue weighted by Crippen LogP contribution is 2.32. The number of aromatic nitrogens is 4. The summed E-state index contributed by atoms with van der Waals surface area (Å²) in [5.41, 5.74) is 3.62. The van der Waals surface area contributed by atoms with Gasteiger partial charge in [0.25, 0.3) is 5.91 Å². The molecule has 0 fully saturated rings. The Kier molecular flexibility index (Phi) is 5.29. The minimum Gasteiger partial charge on any atom is -0.495 e. The third kappa shape index (κ3) is 3.98. The van der Waals surface area contributed by atoms with Gasteiger partial charge in [0.2, 0.25) is 0 Å². The number of nitrogens with one attached hydrogen (secondary N) is 2. The normalized spacial score (nSPS) is 11.1. The first kappa shape index (κ1) is 18.4. The summed E-state index contributed by atoms with van der Waals surface area (Å²) >= 11 is 0. The smallest absolute Gasteiger partial charge is 0.255 e. The number of carbonyl (C=O) groups is 1. The van der Waals surface area contributed by atoms with Crippen LogP contribution in [0.2, 0.25) is 0 Å². The third-order valence-corrected chi connectivity index (χ3v) is 4.45. The number of rotatable bonds is 6. The highest BCUT2D eigenvalue weighted by atomic mass is 16.5. The standard InChI is InChI=1S/C22H19N5O2/c1-29-21-17(22(28)25-13-15-5-3-2-4-6-15)8-10-19-20(21)18(26-27-19)9-7-16-14-23-11-12-24-16/h2-12,14H,13H2,1H3,(H,25,28)(H,26,27)/b9-7+. The zero-order valence-electron chi connectivity index (χ0n) is 15.8. The molecule has 7 nitrogen and oxygen atoms in total. The van der Waals surface area contributed by atoms with Crippen LogP contribution in [-0.2, 0) is 6.54 Å². The maximum atomic E-state index is 12.8. The first-order chi connectivity index (χ1) is 14.3. The second-order valence-electron chi connectivity index (χ2n) is 6.31. The molecule has 0 aliphatic rings. The molecule has 0 bridgehead atoms. The summed E-state index contributed by atoms with van der Waals surface area (Å²) in [7, 11) is 1.55. The molecule has 0 aliphatic carbocycles. The molecule has 2 aromatic carbocycles. The van der Waals surface area contributed by atoms with Crippen LogP contribution in [-0.4, -0.2) is 33.2 Å². The summed E-state index contributed by atoms with van der Waals surface area (Å²) in [5, 5.41) is 11.0. The number of amides is 1. The van der Waals surface area contributed by atoms with Gasteiger partial charge in [-0.3, -0.25) is 19.9 Å². The van der Waals surface area contributed by atoms with Gasteiger partial charge in [0.05, 0.1) is 41.2 Å². The van der Waals surface area contributed by atoms with Crippen LogP contribution >= 0.6 is 0 Å². The molecule has 144 valence electrons. The average molecular weight is 385 g/mol. The number of ether oxygens (including phenoxy) is 1. The van der Waals surface area contributed by atoms with Crippen molar-refractivity contribution < 1.29 is 9.53 Å². The summed E-state index contributed by atoms with van der Waals surface area (Å²) in [4.78, 5) is 21.1. The number of fused-ring (bicyclic) bond motifs is 1. The van der Waals surface area contributed by atoms with E-state index in [1.54, 1.807) is 37.8 Å². The van der Waals surface area contributed by atoms with Crippen molar-refractivity contribution in [2.75, 3.05) is 7.11 Å². The van der Waals surface area contributed by atoms with E-state index in [0.717, 1.165) is 16.6 Å². The molecule has 0 unspecified atom stereocenters. The van der Waals surface area contributed by atoms with Crippen LogP contribution in [0.1, 0.15) is 27.3 Å². The van der Waals surface area contributed by atoms with E-state index in [1.165, 1.54) is 0 Å². The van der Waals surface area contributed by atoms with Crippen molar-refractivity contribution in [1.29, 1.82) is 0 Å². The van der Waals surface area contributed by atoms with E-state index in [9.17, 15) is 4.79 Å². The highest BCUT2D eigenvalue weighted by molar-refractivity contribution is 6.05. The monoisotopic (exact) mass is 385 g/mol. The SMILES string of the molecule is COc1c(C(=O)NCc2ccccc2)ccc2n[nH]c(/C=C/c3cnccn3)c12. The zero-order valence-corrected chi connectivity index (χ0v) is 15.8. The fraction of sp³-hybridized carbons (Fsp3) is 0.0909. The topological polar surface area (TPSA) is 92.8 Å². The molecule has 0 saturated carbocycles. The van der Waals surface area contributed by atoms with E-state index < -0.39 is 0 Å². The van der Waals surface area contributed by atoms with Crippen molar-refractivity contribution in [1.82, 2.24) is 25.5 Å². The molecule has 4 aromatic rings. The van der Waals surface area contributed by atoms with Crippen LogP contribution < -0.4 is 10.1 Å². The number of methoxy groups -OCH3 is 1. The summed E-state index contributed by atoms with van der Waals surface area (Å²) < 4.78 is 5.60. The van der Waals surface area contributed by atoms with E-state index in [0.29, 0.717) is 29.1 Å². The quantitative estimate of drug-likeness (QED) is 0.530. The number of hydrogen-bond donors (Lipinski definition) is 2. The maximum absolute atomic E-state index is 12.8. The average Bonchev–Trinajstić information content (AvgIpc) is 3.20. The van der Waals surface area contributed by atoms with Gasteiger partial charge in [0, 0.05) is 18.9 Å². The zero-order chi connectivity index (χ0) is 20.1. The third-order valence-electron chi connectivity index (χ3n) is 4.45. The summed E-state index contributed by atoms with van der Waals surface area (Å²) in [6, 6.07) is 13.3. The molecule has 0 radical (unpaired) electrons. The minimum absolute atomic E-state index is 0.211. The van der Waals surface area contributed by atoms with E-state index in [2.05, 4.69) is 25.5 Å². The number of nitrogens with zero attached hydrogens (tertiary/aromatic N) is 3. The number of benzene rings is 2. The fourth-order valence-corrected chi connectivity index (χ4v) is 3.05. The van der Waals surface area contributed by atoms with Crippen molar-refractivity contribution in [3.8, 4) is 5.75 Å². The molecule has 29 heavy (non-hydrogen) atoms. The van der Waals surface area contributed by atoms with E-state index >= 15 is 0 Å². The Balaban J connectivity index is 1.65. The van der Waals surface area contributed by atoms with Gasteiger partial charge < -0.3 is 10.1 Å². The predicted octanol–water partition coefficient (Wildman–Crippen LogP) is 3.46. The maximum Gasteiger partial charge on any atom is 0.255 e. The van der Waals surface area contributed by atoms with Crippen LogP contribution in [0.4, 0.5) is 0 Å². The van der Waals surface area contributed by atoms with Gasteiger partial charge >= 0.3 is 0 Å². The Hall–Kier alpha value is -4.00. The summed E-state index contributed by atoms with van der Waals surface area (Å²) in [6.07, 6.45) is 8.57. The second kappa shape index (κ2) is 8.35.